The lowest BCUT2D eigenvalue weighted by Gasteiger charge is -2.24. The molecule has 5 nitrogen and oxygen atoms in total. The van der Waals surface area contributed by atoms with Gasteiger partial charge in [-0.1, -0.05) is 6.92 Å². The zero-order valence-electron chi connectivity index (χ0n) is 16.8. The summed E-state index contributed by atoms with van der Waals surface area (Å²) in [7, 11) is -1.99. The molecule has 1 aliphatic heterocycles. The molecular formula is C21H27F2N3O2S. The summed E-state index contributed by atoms with van der Waals surface area (Å²) in [5, 5.41) is 3.17. The molecule has 2 aromatic rings. The van der Waals surface area contributed by atoms with Gasteiger partial charge in [0.2, 0.25) is 9.84 Å². The van der Waals surface area contributed by atoms with E-state index in [1.54, 1.807) is 6.07 Å². The minimum Gasteiger partial charge on any atom is -0.384 e. The van der Waals surface area contributed by atoms with E-state index >= 15 is 0 Å². The number of likely N-dealkylation sites (N-methyl/N-ethyl adjacent to an activating group) is 1. The van der Waals surface area contributed by atoms with Crippen LogP contribution in [-0.4, -0.2) is 53.1 Å². The van der Waals surface area contributed by atoms with E-state index in [4.69, 9.17) is 0 Å². The maximum atomic E-state index is 13.6. The van der Waals surface area contributed by atoms with E-state index in [1.807, 2.05) is 13.0 Å². The number of benzene rings is 2. The first kappa shape index (κ1) is 21.5. The topological polar surface area (TPSA) is 52.6 Å². The van der Waals surface area contributed by atoms with E-state index in [-0.39, 0.29) is 4.90 Å². The summed E-state index contributed by atoms with van der Waals surface area (Å²) in [4.78, 5) is 4.14. The Balaban J connectivity index is 2.01. The summed E-state index contributed by atoms with van der Waals surface area (Å²) in [6.45, 7) is 6.27. The van der Waals surface area contributed by atoms with Crippen molar-refractivity contribution in [3.63, 3.8) is 0 Å². The van der Waals surface area contributed by atoms with Crippen LogP contribution in [0.25, 0.3) is 0 Å². The average Bonchev–Trinajstić information content (AvgIpc) is 2.90. The van der Waals surface area contributed by atoms with E-state index in [1.165, 1.54) is 6.07 Å². The monoisotopic (exact) mass is 423 g/mol. The number of sulfone groups is 1. The van der Waals surface area contributed by atoms with Gasteiger partial charge in [-0.25, -0.2) is 17.2 Å². The summed E-state index contributed by atoms with van der Waals surface area (Å²) in [5.74, 6) is -1.84. The number of hydrogen-bond donors (Lipinski definition) is 1. The molecule has 1 fully saturated rings. The van der Waals surface area contributed by atoms with E-state index in [0.29, 0.717) is 18.3 Å². The van der Waals surface area contributed by atoms with Gasteiger partial charge in [-0.3, -0.25) is 0 Å². The molecule has 8 heteroatoms. The van der Waals surface area contributed by atoms with Crippen LogP contribution in [0.15, 0.2) is 46.2 Å². The van der Waals surface area contributed by atoms with Crippen LogP contribution in [0.1, 0.15) is 19.8 Å². The number of halogens is 2. The van der Waals surface area contributed by atoms with Crippen LogP contribution in [0, 0.1) is 11.6 Å². The minimum atomic E-state index is -4.08. The molecule has 158 valence electrons. The minimum absolute atomic E-state index is 0.0200. The molecule has 0 radical (unpaired) electrons. The van der Waals surface area contributed by atoms with Crippen LogP contribution in [-0.2, 0) is 9.84 Å². The first-order valence-electron chi connectivity index (χ1n) is 9.84. The molecular weight excluding hydrogens is 396 g/mol. The number of nitrogens with one attached hydrogen (secondary N) is 1. The highest BCUT2D eigenvalue weighted by Crippen LogP contribution is 2.32. The van der Waals surface area contributed by atoms with Gasteiger partial charge in [-0.05, 0) is 56.8 Å². The van der Waals surface area contributed by atoms with E-state index in [2.05, 4.69) is 22.2 Å². The Labute approximate surface area is 171 Å². The predicted octanol–water partition coefficient (Wildman–Crippen LogP) is 3.76. The molecule has 1 N–H and O–H groups in total. The molecule has 0 aromatic heterocycles. The fourth-order valence-electron chi connectivity index (χ4n) is 3.46. The number of hydrogen-bond acceptors (Lipinski definition) is 5. The van der Waals surface area contributed by atoms with Gasteiger partial charge in [0.1, 0.15) is 11.6 Å². The Hall–Kier alpha value is -2.19. The first-order chi connectivity index (χ1) is 13.8. The van der Waals surface area contributed by atoms with Crippen LogP contribution in [0.5, 0.6) is 0 Å². The van der Waals surface area contributed by atoms with Crippen molar-refractivity contribution in [3.05, 3.63) is 48.0 Å². The van der Waals surface area contributed by atoms with Crippen LogP contribution in [0.2, 0.25) is 0 Å². The summed E-state index contributed by atoms with van der Waals surface area (Å²) in [5.41, 5.74) is 1.38. The van der Waals surface area contributed by atoms with Gasteiger partial charge in [0.15, 0.2) is 0 Å². The van der Waals surface area contributed by atoms with Crippen LogP contribution >= 0.6 is 0 Å². The van der Waals surface area contributed by atoms with Crippen molar-refractivity contribution < 1.29 is 17.2 Å². The number of nitrogens with zero attached hydrogens (tertiary/aromatic N) is 2. The molecule has 1 heterocycles. The average molecular weight is 424 g/mol. The van der Waals surface area contributed by atoms with Crippen molar-refractivity contribution in [3.8, 4) is 0 Å². The largest absolute Gasteiger partial charge is 0.384 e. The van der Waals surface area contributed by atoms with E-state index in [9.17, 15) is 17.2 Å². The van der Waals surface area contributed by atoms with Crippen molar-refractivity contribution >= 4 is 21.2 Å². The number of anilines is 2. The second-order valence-electron chi connectivity index (χ2n) is 7.36. The van der Waals surface area contributed by atoms with Crippen LogP contribution in [0.3, 0.4) is 0 Å². The normalized spacial score (nSPS) is 15.9. The Bertz CT molecular complexity index is 946. The molecule has 1 saturated heterocycles. The third-order valence-electron chi connectivity index (χ3n) is 5.05. The highest BCUT2D eigenvalue weighted by Gasteiger charge is 2.24. The first-order valence-corrected chi connectivity index (χ1v) is 11.3. The predicted molar refractivity (Wildman–Crippen MR) is 111 cm³/mol. The molecule has 0 bridgehead atoms. The van der Waals surface area contributed by atoms with Crippen molar-refractivity contribution in [1.82, 2.24) is 4.90 Å². The van der Waals surface area contributed by atoms with Gasteiger partial charge in [-0.2, -0.15) is 0 Å². The Morgan fingerprint density at radius 3 is 2.41 bits per heavy atom. The van der Waals surface area contributed by atoms with E-state index < -0.39 is 26.4 Å². The third-order valence-corrected chi connectivity index (χ3v) is 6.84. The molecule has 2 aromatic carbocycles. The maximum absolute atomic E-state index is 13.6. The lowest BCUT2D eigenvalue weighted by molar-refractivity contribution is 0.360. The SMILES string of the molecule is CCCNc1cc(N2CCCN(C)CC2)ccc1S(=O)(=O)c1cc(F)cc(F)c1. The second-order valence-corrected chi connectivity index (χ2v) is 9.28. The highest BCUT2D eigenvalue weighted by molar-refractivity contribution is 7.91. The molecule has 29 heavy (non-hydrogen) atoms. The summed E-state index contributed by atoms with van der Waals surface area (Å²) in [6.07, 6.45) is 1.84. The zero-order valence-corrected chi connectivity index (χ0v) is 17.6. The molecule has 0 saturated carbocycles. The lowest BCUT2D eigenvalue weighted by atomic mass is 10.2. The molecule has 0 amide bonds. The fourth-order valence-corrected chi connectivity index (χ4v) is 4.92. The zero-order chi connectivity index (χ0) is 21.0. The van der Waals surface area contributed by atoms with Crippen molar-refractivity contribution in [2.24, 2.45) is 0 Å². The maximum Gasteiger partial charge on any atom is 0.208 e. The Morgan fingerprint density at radius 2 is 1.72 bits per heavy atom. The highest BCUT2D eigenvalue weighted by atomic mass is 32.2. The second kappa shape index (κ2) is 9.09. The quantitative estimate of drug-likeness (QED) is 0.767. The fraction of sp³-hybridized carbons (Fsp3) is 0.429. The standard InChI is InChI=1S/C21H27F2N3O2S/c1-3-7-24-20-15-18(26-9-4-8-25(2)10-11-26)5-6-21(20)29(27,28)19-13-16(22)12-17(23)14-19/h5-6,12-15,24H,3-4,7-11H2,1-2H3. The van der Waals surface area contributed by atoms with Crippen LogP contribution < -0.4 is 10.2 Å². The Morgan fingerprint density at radius 1 is 1.00 bits per heavy atom. The van der Waals surface area contributed by atoms with Crippen molar-refractivity contribution in [2.45, 2.75) is 29.6 Å². The summed E-state index contributed by atoms with van der Waals surface area (Å²) < 4.78 is 53.5. The van der Waals surface area contributed by atoms with Crippen molar-refractivity contribution in [1.29, 1.82) is 0 Å². The number of rotatable bonds is 6. The summed E-state index contributed by atoms with van der Waals surface area (Å²) >= 11 is 0. The molecule has 0 atom stereocenters. The van der Waals surface area contributed by atoms with E-state index in [0.717, 1.165) is 56.8 Å². The van der Waals surface area contributed by atoms with Gasteiger partial charge in [0.05, 0.1) is 15.5 Å². The smallest absolute Gasteiger partial charge is 0.208 e. The Kier molecular flexibility index (Phi) is 6.74. The molecule has 1 aliphatic rings. The van der Waals surface area contributed by atoms with Crippen molar-refractivity contribution in [2.75, 3.05) is 50.0 Å². The molecule has 0 aliphatic carbocycles. The third kappa shape index (κ3) is 5.05. The van der Waals surface area contributed by atoms with Gasteiger partial charge >= 0.3 is 0 Å². The molecule has 3 rings (SSSR count). The van der Waals surface area contributed by atoms with Crippen LogP contribution in [0.4, 0.5) is 20.2 Å². The van der Waals surface area contributed by atoms with Gasteiger partial charge in [0, 0.05) is 37.9 Å². The molecule has 0 unspecified atom stereocenters. The lowest BCUT2D eigenvalue weighted by Crippen LogP contribution is -2.28. The summed E-state index contributed by atoms with van der Waals surface area (Å²) in [6, 6.07) is 7.48. The molecule has 0 spiro atoms. The van der Waals surface area contributed by atoms with Gasteiger partial charge in [0.25, 0.3) is 0 Å². The van der Waals surface area contributed by atoms with Gasteiger partial charge < -0.3 is 15.1 Å². The van der Waals surface area contributed by atoms with Gasteiger partial charge in [-0.15, -0.1) is 0 Å².